The predicted octanol–water partition coefficient (Wildman–Crippen LogP) is 2.67. The summed E-state index contributed by atoms with van der Waals surface area (Å²) in [6.45, 7) is 3.09. The summed E-state index contributed by atoms with van der Waals surface area (Å²) < 4.78 is 0. The van der Waals surface area contributed by atoms with E-state index in [2.05, 4.69) is 18.2 Å². The molecule has 0 amide bonds. The van der Waals surface area contributed by atoms with Gasteiger partial charge in [0.15, 0.2) is 0 Å². The maximum Gasteiger partial charge on any atom is 0.0575 e. The molecule has 4 aliphatic carbocycles. The summed E-state index contributed by atoms with van der Waals surface area (Å²) in [5.74, 6) is 7.81. The molecule has 4 rings (SSSR count). The Morgan fingerprint density at radius 2 is 1.69 bits per heavy atom. The Morgan fingerprint density at radius 1 is 1.12 bits per heavy atom. The highest BCUT2D eigenvalue weighted by Crippen LogP contribution is 2.57. The monoisotopic (exact) mass is 217 g/mol. The van der Waals surface area contributed by atoms with Gasteiger partial charge in [-0.1, -0.05) is 5.92 Å². The molecule has 0 heterocycles. The maximum absolute atomic E-state index is 5.34. The minimum atomic E-state index is 0.631. The van der Waals surface area contributed by atoms with E-state index < -0.39 is 0 Å². The van der Waals surface area contributed by atoms with Gasteiger partial charge in [-0.05, 0) is 68.6 Å². The molecule has 16 heavy (non-hydrogen) atoms. The van der Waals surface area contributed by atoms with E-state index in [0.717, 1.165) is 36.1 Å². The standard InChI is InChI=1S/C15H23N/c1-3-4-16-10(2)15-13-6-11-5-12(8-13)9-14(15)7-11/h1,10-16H,4-9H2,2H3. The minimum Gasteiger partial charge on any atom is -0.303 e. The second-order valence-corrected chi connectivity index (χ2v) is 6.38. The largest absolute Gasteiger partial charge is 0.303 e. The summed E-state index contributed by atoms with van der Waals surface area (Å²) in [5.41, 5.74) is 0. The van der Waals surface area contributed by atoms with Gasteiger partial charge in [0.1, 0.15) is 0 Å². The van der Waals surface area contributed by atoms with E-state index in [9.17, 15) is 0 Å². The van der Waals surface area contributed by atoms with Crippen molar-refractivity contribution in [3.05, 3.63) is 0 Å². The van der Waals surface area contributed by atoms with E-state index >= 15 is 0 Å². The van der Waals surface area contributed by atoms with Crippen LogP contribution in [0.1, 0.15) is 39.0 Å². The molecular weight excluding hydrogens is 194 g/mol. The van der Waals surface area contributed by atoms with Gasteiger partial charge in [-0.3, -0.25) is 0 Å². The van der Waals surface area contributed by atoms with Crippen molar-refractivity contribution in [2.75, 3.05) is 6.54 Å². The predicted molar refractivity (Wildman–Crippen MR) is 66.8 cm³/mol. The highest BCUT2D eigenvalue weighted by atomic mass is 14.9. The fourth-order valence-corrected chi connectivity index (χ4v) is 5.14. The summed E-state index contributed by atoms with van der Waals surface area (Å²) in [6.07, 6.45) is 12.9. The number of nitrogens with one attached hydrogen (secondary N) is 1. The Bertz CT molecular complexity index is 273. The molecule has 0 spiro atoms. The quantitative estimate of drug-likeness (QED) is 0.717. The van der Waals surface area contributed by atoms with Gasteiger partial charge in [0, 0.05) is 6.04 Å². The molecule has 0 aromatic heterocycles. The number of rotatable bonds is 3. The van der Waals surface area contributed by atoms with Gasteiger partial charge >= 0.3 is 0 Å². The number of hydrogen-bond donors (Lipinski definition) is 1. The highest BCUT2D eigenvalue weighted by Gasteiger charge is 2.49. The van der Waals surface area contributed by atoms with Gasteiger partial charge in [-0.15, -0.1) is 6.42 Å². The third-order valence-electron chi connectivity index (χ3n) is 5.40. The first-order valence-corrected chi connectivity index (χ1v) is 6.94. The van der Waals surface area contributed by atoms with Crippen LogP contribution in [0.3, 0.4) is 0 Å². The second kappa shape index (κ2) is 4.08. The van der Waals surface area contributed by atoms with Crippen molar-refractivity contribution in [3.63, 3.8) is 0 Å². The van der Waals surface area contributed by atoms with Crippen LogP contribution < -0.4 is 5.32 Å². The number of terminal acetylenes is 1. The van der Waals surface area contributed by atoms with E-state index in [4.69, 9.17) is 6.42 Å². The van der Waals surface area contributed by atoms with Crippen molar-refractivity contribution in [2.45, 2.75) is 45.1 Å². The average Bonchev–Trinajstić information content (AvgIpc) is 2.24. The molecule has 1 unspecified atom stereocenters. The molecule has 0 aromatic rings. The van der Waals surface area contributed by atoms with E-state index in [0.29, 0.717) is 6.04 Å². The van der Waals surface area contributed by atoms with E-state index in [1.54, 1.807) is 6.42 Å². The Labute approximate surface area is 99.4 Å². The van der Waals surface area contributed by atoms with Crippen LogP contribution in [0, 0.1) is 41.9 Å². The Balaban J connectivity index is 1.69. The summed E-state index contributed by atoms with van der Waals surface area (Å²) in [5, 5.41) is 3.52. The lowest BCUT2D eigenvalue weighted by Crippen LogP contribution is -2.52. The highest BCUT2D eigenvalue weighted by molar-refractivity contribution is 5.01. The number of hydrogen-bond acceptors (Lipinski definition) is 1. The Kier molecular flexibility index (Phi) is 2.72. The van der Waals surface area contributed by atoms with E-state index in [1.165, 1.54) is 25.7 Å². The first-order chi connectivity index (χ1) is 7.78. The van der Waals surface area contributed by atoms with Gasteiger partial charge in [0.05, 0.1) is 6.54 Å². The third-order valence-corrected chi connectivity index (χ3v) is 5.40. The molecule has 1 atom stereocenters. The van der Waals surface area contributed by atoms with Crippen LogP contribution in [-0.4, -0.2) is 12.6 Å². The van der Waals surface area contributed by atoms with Gasteiger partial charge in [-0.25, -0.2) is 0 Å². The van der Waals surface area contributed by atoms with Crippen LogP contribution >= 0.6 is 0 Å². The maximum atomic E-state index is 5.34. The van der Waals surface area contributed by atoms with E-state index in [1.807, 2.05) is 0 Å². The first-order valence-electron chi connectivity index (χ1n) is 6.94. The Hall–Kier alpha value is -0.480. The smallest absolute Gasteiger partial charge is 0.0575 e. The molecular formula is C15H23N. The minimum absolute atomic E-state index is 0.631. The van der Waals surface area contributed by atoms with Crippen LogP contribution in [0.2, 0.25) is 0 Å². The van der Waals surface area contributed by atoms with Crippen molar-refractivity contribution < 1.29 is 0 Å². The zero-order chi connectivity index (χ0) is 11.1. The molecule has 4 bridgehead atoms. The summed E-state index contributed by atoms with van der Waals surface area (Å²) in [6, 6.07) is 0.631. The molecule has 88 valence electrons. The Morgan fingerprint density at radius 3 is 2.19 bits per heavy atom. The van der Waals surface area contributed by atoms with E-state index in [-0.39, 0.29) is 0 Å². The fourth-order valence-electron chi connectivity index (χ4n) is 5.14. The topological polar surface area (TPSA) is 12.0 Å². The summed E-state index contributed by atoms with van der Waals surface area (Å²) in [7, 11) is 0. The average molecular weight is 217 g/mol. The van der Waals surface area contributed by atoms with Gasteiger partial charge in [0.25, 0.3) is 0 Å². The molecule has 1 nitrogen and oxygen atoms in total. The van der Waals surface area contributed by atoms with Crippen LogP contribution in [0.5, 0.6) is 0 Å². The van der Waals surface area contributed by atoms with Crippen molar-refractivity contribution in [1.82, 2.24) is 5.32 Å². The normalized spacial score (nSPS) is 46.6. The van der Waals surface area contributed by atoms with Crippen molar-refractivity contribution >= 4 is 0 Å². The summed E-state index contributed by atoms with van der Waals surface area (Å²) in [4.78, 5) is 0. The van der Waals surface area contributed by atoms with Crippen LogP contribution in [0.4, 0.5) is 0 Å². The van der Waals surface area contributed by atoms with Crippen molar-refractivity contribution in [2.24, 2.45) is 29.6 Å². The molecule has 4 aliphatic rings. The van der Waals surface area contributed by atoms with Crippen LogP contribution in [-0.2, 0) is 0 Å². The molecule has 4 saturated carbocycles. The van der Waals surface area contributed by atoms with Crippen LogP contribution in [0.25, 0.3) is 0 Å². The zero-order valence-corrected chi connectivity index (χ0v) is 10.3. The molecule has 0 aromatic carbocycles. The molecule has 4 fully saturated rings. The van der Waals surface area contributed by atoms with Gasteiger partial charge in [-0.2, -0.15) is 0 Å². The molecule has 0 aliphatic heterocycles. The third kappa shape index (κ3) is 1.68. The SMILES string of the molecule is C#CCNC(C)C1C2CC3CC(C2)CC1C3. The van der Waals surface area contributed by atoms with Crippen LogP contribution in [0.15, 0.2) is 0 Å². The molecule has 1 heteroatoms. The van der Waals surface area contributed by atoms with Crippen molar-refractivity contribution in [1.29, 1.82) is 0 Å². The van der Waals surface area contributed by atoms with Gasteiger partial charge in [0.2, 0.25) is 0 Å². The molecule has 0 saturated heterocycles. The first kappa shape index (κ1) is 10.7. The lowest BCUT2D eigenvalue weighted by atomic mass is 9.50. The second-order valence-electron chi connectivity index (χ2n) is 6.38. The molecule has 0 radical (unpaired) electrons. The van der Waals surface area contributed by atoms with Gasteiger partial charge < -0.3 is 5.32 Å². The lowest BCUT2D eigenvalue weighted by Gasteiger charge is -2.56. The lowest BCUT2D eigenvalue weighted by molar-refractivity contribution is -0.0487. The molecule has 1 N–H and O–H groups in total. The fraction of sp³-hybridized carbons (Fsp3) is 0.867. The summed E-state index contributed by atoms with van der Waals surface area (Å²) >= 11 is 0. The van der Waals surface area contributed by atoms with Crippen molar-refractivity contribution in [3.8, 4) is 12.3 Å². The zero-order valence-electron chi connectivity index (χ0n) is 10.3.